The normalized spacial score (nSPS) is 10.3. The van der Waals surface area contributed by atoms with Gasteiger partial charge >= 0.3 is 0 Å². The third kappa shape index (κ3) is 3.45. The molecule has 17 heavy (non-hydrogen) atoms. The minimum Gasteiger partial charge on any atom is -0.489 e. The van der Waals surface area contributed by atoms with E-state index in [2.05, 4.69) is 15.9 Å². The van der Waals surface area contributed by atoms with Crippen molar-refractivity contribution < 1.29 is 9.13 Å². The summed E-state index contributed by atoms with van der Waals surface area (Å²) in [6.07, 6.45) is 0. The fraction of sp³-hybridized carbons (Fsp3) is 0.0769. The topological polar surface area (TPSA) is 9.23 Å². The molecule has 88 valence electrons. The SMILES string of the molecule is Fc1ccc(COc2cccc(Br)c2)c(Cl)c1. The molecule has 0 aliphatic heterocycles. The van der Waals surface area contributed by atoms with Gasteiger partial charge in [-0.25, -0.2) is 4.39 Å². The second kappa shape index (κ2) is 5.52. The Hall–Kier alpha value is -1.06. The predicted octanol–water partition coefficient (Wildman–Crippen LogP) is 4.82. The van der Waals surface area contributed by atoms with Gasteiger partial charge in [0.15, 0.2) is 0 Å². The van der Waals surface area contributed by atoms with Crippen molar-refractivity contribution in [3.05, 3.63) is 63.3 Å². The summed E-state index contributed by atoms with van der Waals surface area (Å²) in [5.41, 5.74) is 0.757. The van der Waals surface area contributed by atoms with Gasteiger partial charge in [0.2, 0.25) is 0 Å². The van der Waals surface area contributed by atoms with E-state index in [0.717, 1.165) is 15.8 Å². The average molecular weight is 316 g/mol. The molecule has 0 saturated carbocycles. The molecular weight excluding hydrogens is 306 g/mol. The molecule has 0 radical (unpaired) electrons. The number of benzene rings is 2. The van der Waals surface area contributed by atoms with Crippen LogP contribution in [-0.4, -0.2) is 0 Å². The van der Waals surface area contributed by atoms with Crippen LogP contribution in [0.2, 0.25) is 5.02 Å². The number of hydrogen-bond acceptors (Lipinski definition) is 1. The highest BCUT2D eigenvalue weighted by atomic mass is 79.9. The molecular formula is C13H9BrClFO. The molecule has 1 nitrogen and oxygen atoms in total. The molecule has 0 atom stereocenters. The fourth-order valence-corrected chi connectivity index (χ4v) is 1.96. The average Bonchev–Trinajstić information content (AvgIpc) is 2.28. The van der Waals surface area contributed by atoms with Gasteiger partial charge in [-0.05, 0) is 30.3 Å². The van der Waals surface area contributed by atoms with Crippen LogP contribution >= 0.6 is 27.5 Å². The zero-order chi connectivity index (χ0) is 12.3. The maximum atomic E-state index is 12.8. The summed E-state index contributed by atoms with van der Waals surface area (Å²) in [5.74, 6) is 0.390. The van der Waals surface area contributed by atoms with Crippen molar-refractivity contribution in [1.29, 1.82) is 0 Å². The molecule has 0 N–H and O–H groups in total. The van der Waals surface area contributed by atoms with E-state index in [1.165, 1.54) is 12.1 Å². The summed E-state index contributed by atoms with van der Waals surface area (Å²) in [6.45, 7) is 0.315. The second-order valence-electron chi connectivity index (χ2n) is 3.48. The molecule has 0 bridgehead atoms. The summed E-state index contributed by atoms with van der Waals surface area (Å²) in [5, 5.41) is 0.375. The van der Waals surface area contributed by atoms with Crippen molar-refractivity contribution in [1.82, 2.24) is 0 Å². The van der Waals surface area contributed by atoms with Crippen molar-refractivity contribution in [3.8, 4) is 5.75 Å². The monoisotopic (exact) mass is 314 g/mol. The largest absolute Gasteiger partial charge is 0.489 e. The first-order valence-corrected chi connectivity index (χ1v) is 6.14. The Balaban J connectivity index is 2.07. The van der Waals surface area contributed by atoms with Crippen LogP contribution in [0, 0.1) is 5.82 Å². The summed E-state index contributed by atoms with van der Waals surface area (Å²) < 4.78 is 19.3. The summed E-state index contributed by atoms with van der Waals surface area (Å²) in [4.78, 5) is 0. The summed E-state index contributed by atoms with van der Waals surface area (Å²) >= 11 is 9.25. The van der Waals surface area contributed by atoms with Gasteiger partial charge in [-0.15, -0.1) is 0 Å². The van der Waals surface area contributed by atoms with E-state index in [4.69, 9.17) is 16.3 Å². The highest BCUT2D eigenvalue weighted by Crippen LogP contribution is 2.22. The predicted molar refractivity (Wildman–Crippen MR) is 69.9 cm³/mol. The van der Waals surface area contributed by atoms with Gasteiger partial charge in [0.25, 0.3) is 0 Å². The Kier molecular flexibility index (Phi) is 4.02. The number of hydrogen-bond donors (Lipinski definition) is 0. The third-order valence-corrected chi connectivity index (χ3v) is 3.05. The van der Waals surface area contributed by atoms with Gasteiger partial charge in [0, 0.05) is 10.0 Å². The number of rotatable bonds is 3. The van der Waals surface area contributed by atoms with Crippen molar-refractivity contribution in [2.24, 2.45) is 0 Å². The molecule has 2 aromatic rings. The van der Waals surface area contributed by atoms with Crippen LogP contribution in [0.3, 0.4) is 0 Å². The molecule has 0 heterocycles. The molecule has 4 heteroatoms. The highest BCUT2D eigenvalue weighted by molar-refractivity contribution is 9.10. The Labute approximate surface area is 112 Å². The van der Waals surface area contributed by atoms with Crippen LogP contribution in [0.5, 0.6) is 5.75 Å². The van der Waals surface area contributed by atoms with Crippen LogP contribution in [0.4, 0.5) is 4.39 Å². The highest BCUT2D eigenvalue weighted by Gasteiger charge is 2.03. The molecule has 0 aliphatic rings. The van der Waals surface area contributed by atoms with Gasteiger partial charge in [0.05, 0.1) is 5.02 Å². The fourth-order valence-electron chi connectivity index (χ4n) is 1.36. The first-order chi connectivity index (χ1) is 8.15. The van der Waals surface area contributed by atoms with Crippen molar-refractivity contribution >= 4 is 27.5 Å². The van der Waals surface area contributed by atoms with Crippen molar-refractivity contribution in [2.45, 2.75) is 6.61 Å². The Morgan fingerprint density at radius 1 is 1.18 bits per heavy atom. The molecule has 2 rings (SSSR count). The summed E-state index contributed by atoms with van der Waals surface area (Å²) in [7, 11) is 0. The van der Waals surface area contributed by atoms with Gasteiger partial charge in [-0.2, -0.15) is 0 Å². The zero-order valence-electron chi connectivity index (χ0n) is 8.79. The quantitative estimate of drug-likeness (QED) is 0.789. The maximum absolute atomic E-state index is 12.8. The minimum atomic E-state index is -0.346. The first-order valence-electron chi connectivity index (χ1n) is 4.97. The van der Waals surface area contributed by atoms with E-state index in [0.29, 0.717) is 11.6 Å². The maximum Gasteiger partial charge on any atom is 0.124 e. The van der Waals surface area contributed by atoms with Gasteiger partial charge in [-0.3, -0.25) is 0 Å². The van der Waals surface area contributed by atoms with Crippen molar-refractivity contribution in [3.63, 3.8) is 0 Å². The van der Waals surface area contributed by atoms with Crippen LogP contribution in [-0.2, 0) is 6.61 Å². The lowest BCUT2D eigenvalue weighted by Crippen LogP contribution is -1.96. The Morgan fingerprint density at radius 3 is 2.71 bits per heavy atom. The lowest BCUT2D eigenvalue weighted by Gasteiger charge is -2.08. The second-order valence-corrected chi connectivity index (χ2v) is 4.80. The van der Waals surface area contributed by atoms with Gasteiger partial charge in [-0.1, -0.05) is 39.7 Å². The summed E-state index contributed by atoms with van der Waals surface area (Å²) in [6, 6.07) is 11.8. The van der Waals surface area contributed by atoms with E-state index in [9.17, 15) is 4.39 Å². The molecule has 0 unspecified atom stereocenters. The standard InChI is InChI=1S/C13H9BrClFO/c14-10-2-1-3-12(6-10)17-8-9-4-5-11(16)7-13(9)15/h1-7H,8H2. The van der Waals surface area contributed by atoms with Gasteiger partial charge in [0.1, 0.15) is 18.2 Å². The van der Waals surface area contributed by atoms with E-state index in [-0.39, 0.29) is 5.82 Å². The molecule has 0 aromatic heterocycles. The zero-order valence-corrected chi connectivity index (χ0v) is 11.1. The molecule has 2 aromatic carbocycles. The van der Waals surface area contributed by atoms with Crippen LogP contribution in [0.25, 0.3) is 0 Å². The smallest absolute Gasteiger partial charge is 0.124 e. The van der Waals surface area contributed by atoms with E-state index in [1.807, 2.05) is 24.3 Å². The number of halogens is 3. The Bertz CT molecular complexity index is 531. The van der Waals surface area contributed by atoms with E-state index in [1.54, 1.807) is 6.07 Å². The minimum absolute atomic E-state index is 0.315. The van der Waals surface area contributed by atoms with E-state index < -0.39 is 0 Å². The number of ether oxygens (including phenoxy) is 1. The lowest BCUT2D eigenvalue weighted by molar-refractivity contribution is 0.306. The molecule has 0 saturated heterocycles. The third-order valence-electron chi connectivity index (χ3n) is 2.21. The van der Waals surface area contributed by atoms with Crippen LogP contribution in [0.1, 0.15) is 5.56 Å². The van der Waals surface area contributed by atoms with Crippen LogP contribution < -0.4 is 4.74 Å². The first kappa shape index (κ1) is 12.4. The lowest BCUT2D eigenvalue weighted by atomic mass is 10.2. The molecule has 0 fully saturated rings. The molecule has 0 amide bonds. The Morgan fingerprint density at radius 2 is 2.00 bits per heavy atom. The molecule has 0 spiro atoms. The van der Waals surface area contributed by atoms with Gasteiger partial charge < -0.3 is 4.74 Å². The van der Waals surface area contributed by atoms with E-state index >= 15 is 0 Å². The molecule has 0 aliphatic carbocycles. The van der Waals surface area contributed by atoms with Crippen LogP contribution in [0.15, 0.2) is 46.9 Å². The van der Waals surface area contributed by atoms with Crippen molar-refractivity contribution in [2.75, 3.05) is 0 Å².